The molecule has 2 aliphatic rings. The van der Waals surface area contributed by atoms with Crippen molar-refractivity contribution in [1.82, 2.24) is 9.97 Å². The molecule has 0 saturated carbocycles. The van der Waals surface area contributed by atoms with Crippen LogP contribution in [0.3, 0.4) is 0 Å². The van der Waals surface area contributed by atoms with Crippen LogP contribution in [-0.4, -0.2) is 23.1 Å². The molecule has 4 aromatic rings. The third-order valence-electron chi connectivity index (χ3n) is 6.42. The van der Waals surface area contributed by atoms with Gasteiger partial charge in [-0.2, -0.15) is 0 Å². The van der Waals surface area contributed by atoms with E-state index in [0.29, 0.717) is 5.95 Å². The van der Waals surface area contributed by atoms with Crippen LogP contribution in [0.5, 0.6) is 5.75 Å². The molecule has 1 aromatic heterocycles. The second-order valence-electron chi connectivity index (χ2n) is 8.23. The van der Waals surface area contributed by atoms with Crippen molar-refractivity contribution in [2.75, 3.05) is 12.0 Å². The lowest BCUT2D eigenvalue weighted by Crippen LogP contribution is -2.35. The van der Waals surface area contributed by atoms with Crippen LogP contribution in [-0.2, 0) is 0 Å². The minimum atomic E-state index is 0.0749. The molecule has 0 bridgehead atoms. The van der Waals surface area contributed by atoms with E-state index in [9.17, 15) is 0 Å². The first-order valence-electron chi connectivity index (χ1n) is 11.1. The number of methoxy groups -OCH3 is 1. The van der Waals surface area contributed by atoms with E-state index < -0.39 is 0 Å². The van der Waals surface area contributed by atoms with Gasteiger partial charge in [0.05, 0.1) is 24.5 Å². The van der Waals surface area contributed by atoms with Gasteiger partial charge in [0.1, 0.15) is 5.75 Å². The summed E-state index contributed by atoms with van der Waals surface area (Å²) in [5.41, 5.74) is 6.81. The zero-order valence-electron chi connectivity index (χ0n) is 18.3. The third-order valence-corrected chi connectivity index (χ3v) is 6.42. The van der Waals surface area contributed by atoms with Crippen LogP contribution in [0.4, 0.5) is 11.6 Å². The summed E-state index contributed by atoms with van der Waals surface area (Å²) in [6.07, 6.45) is 10.7. The number of benzene rings is 3. The molecule has 3 aromatic carbocycles. The lowest BCUT2D eigenvalue weighted by Gasteiger charge is -2.34. The molecule has 33 heavy (non-hydrogen) atoms. The van der Waals surface area contributed by atoms with Crippen LogP contribution < -0.4 is 9.64 Å². The summed E-state index contributed by atoms with van der Waals surface area (Å²) in [6, 6.07) is 27.3. The van der Waals surface area contributed by atoms with E-state index >= 15 is 0 Å². The summed E-state index contributed by atoms with van der Waals surface area (Å²) in [4.78, 5) is 12.1. The first kappa shape index (κ1) is 19.5. The number of fused-ring (bicyclic) bond motifs is 5. The Kier molecular flexibility index (Phi) is 4.76. The van der Waals surface area contributed by atoms with Crippen molar-refractivity contribution in [3.8, 4) is 28.1 Å². The second-order valence-corrected chi connectivity index (χ2v) is 8.23. The minimum Gasteiger partial charge on any atom is -0.497 e. The van der Waals surface area contributed by atoms with E-state index in [1.165, 1.54) is 16.7 Å². The molecule has 6 rings (SSSR count). The first-order chi connectivity index (χ1) is 16.3. The topological polar surface area (TPSA) is 38.2 Å². The maximum absolute atomic E-state index is 5.31. The Hall–Kier alpha value is -4.18. The Morgan fingerprint density at radius 3 is 2.39 bits per heavy atom. The van der Waals surface area contributed by atoms with Gasteiger partial charge in [-0.3, -0.25) is 0 Å². The summed E-state index contributed by atoms with van der Waals surface area (Å²) < 4.78 is 5.31. The number of aromatic nitrogens is 2. The molecule has 1 aliphatic heterocycles. The SMILES string of the molecule is COc1ccc(-c2ccnc(N3c4ccccc4-c4ccccc4C4C=CC=CC43)n2)cc1. The molecule has 0 N–H and O–H groups in total. The highest BCUT2D eigenvalue weighted by molar-refractivity contribution is 5.86. The van der Waals surface area contributed by atoms with Crippen molar-refractivity contribution in [3.05, 3.63) is 115 Å². The second kappa shape index (κ2) is 8.06. The van der Waals surface area contributed by atoms with Gasteiger partial charge < -0.3 is 9.64 Å². The Labute approximate surface area is 193 Å². The Balaban J connectivity index is 1.53. The fraction of sp³-hybridized carbons (Fsp3) is 0.103. The highest BCUT2D eigenvalue weighted by Crippen LogP contribution is 2.47. The van der Waals surface area contributed by atoms with Crippen molar-refractivity contribution in [1.29, 1.82) is 0 Å². The largest absolute Gasteiger partial charge is 0.497 e. The van der Waals surface area contributed by atoms with Crippen LogP contribution >= 0.6 is 0 Å². The number of ether oxygens (including phenoxy) is 1. The van der Waals surface area contributed by atoms with Gasteiger partial charge in [0.25, 0.3) is 0 Å². The molecule has 0 spiro atoms. The molecule has 4 nitrogen and oxygen atoms in total. The van der Waals surface area contributed by atoms with Gasteiger partial charge in [0, 0.05) is 23.2 Å². The van der Waals surface area contributed by atoms with Crippen molar-refractivity contribution in [2.45, 2.75) is 12.0 Å². The van der Waals surface area contributed by atoms with Gasteiger partial charge in [-0.1, -0.05) is 66.8 Å². The van der Waals surface area contributed by atoms with Crippen LogP contribution in [0.15, 0.2) is 109 Å². The normalized spacial score (nSPS) is 18.2. The first-order valence-corrected chi connectivity index (χ1v) is 11.1. The smallest absolute Gasteiger partial charge is 0.231 e. The maximum Gasteiger partial charge on any atom is 0.231 e. The molecule has 0 radical (unpaired) electrons. The number of para-hydroxylation sites is 1. The molecule has 4 heteroatoms. The molecule has 0 fully saturated rings. The van der Waals surface area contributed by atoms with Crippen molar-refractivity contribution in [2.24, 2.45) is 0 Å². The Morgan fingerprint density at radius 2 is 1.55 bits per heavy atom. The van der Waals surface area contributed by atoms with E-state index in [1.54, 1.807) is 7.11 Å². The van der Waals surface area contributed by atoms with Crippen LogP contribution in [0.25, 0.3) is 22.4 Å². The van der Waals surface area contributed by atoms with Crippen LogP contribution in [0.1, 0.15) is 11.5 Å². The lowest BCUT2D eigenvalue weighted by molar-refractivity contribution is 0.415. The molecule has 160 valence electrons. The Bertz CT molecular complexity index is 1370. The fourth-order valence-electron chi connectivity index (χ4n) is 4.86. The van der Waals surface area contributed by atoms with E-state index in [0.717, 1.165) is 22.7 Å². The van der Waals surface area contributed by atoms with Crippen molar-refractivity contribution >= 4 is 11.6 Å². The average Bonchev–Trinajstić information content (AvgIpc) is 3.02. The quantitative estimate of drug-likeness (QED) is 0.370. The van der Waals surface area contributed by atoms with Gasteiger partial charge in [0.15, 0.2) is 0 Å². The number of rotatable bonds is 3. The summed E-state index contributed by atoms with van der Waals surface area (Å²) in [5, 5.41) is 0. The standard InChI is InChI=1S/C29H23N3O/c1-33-21-16-14-20(15-17-21)26-18-19-30-29(31-26)32-27-12-6-4-10-24(27)22-8-2-3-9-23(22)25-11-5-7-13-28(25)32/h2-19,24,27H,1H3. The summed E-state index contributed by atoms with van der Waals surface area (Å²) in [5.74, 6) is 1.72. The molecule has 0 saturated heterocycles. The predicted molar refractivity (Wildman–Crippen MR) is 133 cm³/mol. The number of allylic oxidation sites excluding steroid dienone is 2. The number of nitrogens with zero attached hydrogens (tertiary/aromatic N) is 3. The summed E-state index contributed by atoms with van der Waals surface area (Å²) >= 11 is 0. The predicted octanol–water partition coefficient (Wildman–Crippen LogP) is 6.55. The summed E-state index contributed by atoms with van der Waals surface area (Å²) in [7, 11) is 1.68. The third kappa shape index (κ3) is 3.31. The van der Waals surface area contributed by atoms with Gasteiger partial charge in [-0.05, 0) is 47.5 Å². The number of hydrogen-bond donors (Lipinski definition) is 0. The Morgan fingerprint density at radius 1 is 0.788 bits per heavy atom. The minimum absolute atomic E-state index is 0.0749. The molecule has 1 aliphatic carbocycles. The van der Waals surface area contributed by atoms with E-state index in [4.69, 9.17) is 14.7 Å². The monoisotopic (exact) mass is 429 g/mol. The van der Waals surface area contributed by atoms with Crippen LogP contribution in [0.2, 0.25) is 0 Å². The highest BCUT2D eigenvalue weighted by atomic mass is 16.5. The zero-order valence-corrected chi connectivity index (χ0v) is 18.3. The number of hydrogen-bond acceptors (Lipinski definition) is 4. The molecule has 2 unspecified atom stereocenters. The zero-order chi connectivity index (χ0) is 22.2. The molecule has 2 heterocycles. The molecular formula is C29H23N3O. The van der Waals surface area contributed by atoms with Gasteiger partial charge in [-0.15, -0.1) is 0 Å². The lowest BCUT2D eigenvalue weighted by atomic mass is 9.85. The fourth-order valence-corrected chi connectivity index (χ4v) is 4.86. The average molecular weight is 430 g/mol. The van der Waals surface area contributed by atoms with Gasteiger partial charge in [-0.25, -0.2) is 9.97 Å². The summed E-state index contributed by atoms with van der Waals surface area (Å²) in [6.45, 7) is 0. The number of anilines is 2. The van der Waals surface area contributed by atoms with Crippen molar-refractivity contribution in [3.63, 3.8) is 0 Å². The van der Waals surface area contributed by atoms with Crippen LogP contribution in [0, 0.1) is 0 Å². The van der Waals surface area contributed by atoms with E-state index in [-0.39, 0.29) is 12.0 Å². The van der Waals surface area contributed by atoms with Crippen molar-refractivity contribution < 1.29 is 4.74 Å². The highest BCUT2D eigenvalue weighted by Gasteiger charge is 2.35. The maximum atomic E-state index is 5.31. The molecule has 2 atom stereocenters. The molecular weight excluding hydrogens is 406 g/mol. The molecule has 0 amide bonds. The van der Waals surface area contributed by atoms with E-state index in [1.807, 2.05) is 36.5 Å². The van der Waals surface area contributed by atoms with Gasteiger partial charge >= 0.3 is 0 Å². The van der Waals surface area contributed by atoms with Gasteiger partial charge in [0.2, 0.25) is 5.95 Å². The van der Waals surface area contributed by atoms with E-state index in [2.05, 4.69) is 77.7 Å².